The average molecular weight is 323 g/mol. The third kappa shape index (κ3) is 2.49. The molecule has 0 bridgehead atoms. The highest BCUT2D eigenvalue weighted by atomic mass is 79.9. The Labute approximate surface area is 119 Å². The Morgan fingerprint density at radius 1 is 1.32 bits per heavy atom. The van der Waals surface area contributed by atoms with Gasteiger partial charge in [-0.05, 0) is 30.2 Å². The van der Waals surface area contributed by atoms with E-state index in [9.17, 15) is 4.79 Å². The van der Waals surface area contributed by atoms with E-state index in [4.69, 9.17) is 11.5 Å². The monoisotopic (exact) mass is 322 g/mol. The zero-order chi connectivity index (χ0) is 14.2. The van der Waals surface area contributed by atoms with Gasteiger partial charge in [-0.2, -0.15) is 5.10 Å². The van der Waals surface area contributed by atoms with Crippen LogP contribution in [0.3, 0.4) is 0 Å². The standard InChI is InChI=1S/C13H15BrN4O/c1-7(2)11-10(15)12(13(16)19)18(17-11)9-5-3-8(14)4-6-9/h3-7H,15H2,1-2H3,(H2,16,19). The molecule has 0 aliphatic carbocycles. The van der Waals surface area contributed by atoms with Crippen LogP contribution in [0.1, 0.15) is 35.9 Å². The largest absolute Gasteiger partial charge is 0.395 e. The molecule has 0 fully saturated rings. The van der Waals surface area contributed by atoms with Crippen molar-refractivity contribution in [3.63, 3.8) is 0 Å². The molecule has 0 saturated heterocycles. The number of nitrogen functional groups attached to an aromatic ring is 1. The van der Waals surface area contributed by atoms with Crippen molar-refractivity contribution in [3.05, 3.63) is 40.1 Å². The molecule has 19 heavy (non-hydrogen) atoms. The first kappa shape index (κ1) is 13.6. The Bertz CT molecular complexity index is 616. The summed E-state index contributed by atoms with van der Waals surface area (Å²) in [6, 6.07) is 7.42. The molecule has 0 spiro atoms. The maximum Gasteiger partial charge on any atom is 0.269 e. The Balaban J connectivity index is 2.65. The molecule has 5 nitrogen and oxygen atoms in total. The van der Waals surface area contributed by atoms with E-state index in [-0.39, 0.29) is 11.6 Å². The molecule has 0 atom stereocenters. The van der Waals surface area contributed by atoms with Gasteiger partial charge in [-0.15, -0.1) is 0 Å². The van der Waals surface area contributed by atoms with Crippen molar-refractivity contribution in [2.75, 3.05) is 5.73 Å². The number of benzene rings is 1. The van der Waals surface area contributed by atoms with Gasteiger partial charge in [0.25, 0.3) is 5.91 Å². The number of nitrogens with zero attached hydrogens (tertiary/aromatic N) is 2. The summed E-state index contributed by atoms with van der Waals surface area (Å²) in [7, 11) is 0. The minimum Gasteiger partial charge on any atom is -0.395 e. The van der Waals surface area contributed by atoms with Gasteiger partial charge in [0.15, 0.2) is 5.69 Å². The van der Waals surface area contributed by atoms with E-state index in [1.165, 1.54) is 4.68 Å². The smallest absolute Gasteiger partial charge is 0.269 e. The topological polar surface area (TPSA) is 86.9 Å². The van der Waals surface area contributed by atoms with Gasteiger partial charge in [0.2, 0.25) is 0 Å². The summed E-state index contributed by atoms with van der Waals surface area (Å²) < 4.78 is 2.44. The van der Waals surface area contributed by atoms with Crippen LogP contribution >= 0.6 is 15.9 Å². The number of nitrogens with two attached hydrogens (primary N) is 2. The van der Waals surface area contributed by atoms with E-state index in [0.29, 0.717) is 11.4 Å². The summed E-state index contributed by atoms with van der Waals surface area (Å²) in [4.78, 5) is 11.6. The van der Waals surface area contributed by atoms with Crippen LogP contribution in [0.25, 0.3) is 5.69 Å². The molecule has 2 aromatic rings. The van der Waals surface area contributed by atoms with E-state index in [0.717, 1.165) is 10.2 Å². The van der Waals surface area contributed by atoms with Crippen LogP contribution in [0.4, 0.5) is 5.69 Å². The highest BCUT2D eigenvalue weighted by Gasteiger charge is 2.22. The van der Waals surface area contributed by atoms with Crippen LogP contribution in [0.5, 0.6) is 0 Å². The lowest BCUT2D eigenvalue weighted by Gasteiger charge is -2.05. The zero-order valence-electron chi connectivity index (χ0n) is 10.7. The first-order valence-corrected chi connectivity index (χ1v) is 6.65. The Hall–Kier alpha value is -1.82. The number of amides is 1. The Kier molecular flexibility index (Phi) is 3.61. The highest BCUT2D eigenvalue weighted by Crippen LogP contribution is 2.26. The van der Waals surface area contributed by atoms with Gasteiger partial charge in [-0.1, -0.05) is 29.8 Å². The third-order valence-corrected chi connectivity index (χ3v) is 3.33. The van der Waals surface area contributed by atoms with Crippen LogP contribution in [-0.4, -0.2) is 15.7 Å². The molecule has 1 aromatic carbocycles. The molecule has 1 heterocycles. The quantitative estimate of drug-likeness (QED) is 0.909. The molecule has 2 rings (SSSR count). The lowest BCUT2D eigenvalue weighted by Crippen LogP contribution is -2.18. The number of carbonyl (C=O) groups excluding carboxylic acids is 1. The first-order valence-electron chi connectivity index (χ1n) is 5.86. The molecule has 6 heteroatoms. The summed E-state index contributed by atoms with van der Waals surface area (Å²) in [5, 5.41) is 4.41. The van der Waals surface area contributed by atoms with Gasteiger partial charge >= 0.3 is 0 Å². The second kappa shape index (κ2) is 5.05. The number of hydrogen-bond donors (Lipinski definition) is 2. The lowest BCUT2D eigenvalue weighted by molar-refractivity contribution is 0.0994. The van der Waals surface area contributed by atoms with Crippen LogP contribution in [0.2, 0.25) is 0 Å². The van der Waals surface area contributed by atoms with Crippen LogP contribution in [-0.2, 0) is 0 Å². The highest BCUT2D eigenvalue weighted by molar-refractivity contribution is 9.10. The molecule has 0 unspecified atom stereocenters. The van der Waals surface area contributed by atoms with Gasteiger partial charge < -0.3 is 11.5 Å². The Morgan fingerprint density at radius 3 is 2.37 bits per heavy atom. The number of primary amides is 1. The van der Waals surface area contributed by atoms with Crippen LogP contribution < -0.4 is 11.5 Å². The second-order valence-corrected chi connectivity index (χ2v) is 5.47. The molecule has 1 aromatic heterocycles. The van der Waals surface area contributed by atoms with Gasteiger partial charge in [0.1, 0.15) is 0 Å². The summed E-state index contributed by atoms with van der Waals surface area (Å²) >= 11 is 3.36. The predicted octanol–water partition coefficient (Wildman–Crippen LogP) is 2.44. The fourth-order valence-electron chi connectivity index (χ4n) is 1.88. The third-order valence-electron chi connectivity index (χ3n) is 2.80. The molecular weight excluding hydrogens is 308 g/mol. The summed E-state index contributed by atoms with van der Waals surface area (Å²) in [5.41, 5.74) is 13.4. The summed E-state index contributed by atoms with van der Waals surface area (Å²) in [5.74, 6) is -0.463. The minimum absolute atomic E-state index is 0.120. The van der Waals surface area contributed by atoms with E-state index >= 15 is 0 Å². The predicted molar refractivity (Wildman–Crippen MR) is 78.3 cm³/mol. The number of rotatable bonds is 3. The summed E-state index contributed by atoms with van der Waals surface area (Å²) in [6.07, 6.45) is 0. The van der Waals surface area contributed by atoms with E-state index in [1.807, 2.05) is 38.1 Å². The minimum atomic E-state index is -0.584. The van der Waals surface area contributed by atoms with E-state index in [2.05, 4.69) is 21.0 Å². The van der Waals surface area contributed by atoms with Gasteiger partial charge in [0.05, 0.1) is 17.1 Å². The van der Waals surface area contributed by atoms with E-state index in [1.54, 1.807) is 0 Å². The molecule has 100 valence electrons. The van der Waals surface area contributed by atoms with Crippen molar-refractivity contribution in [2.45, 2.75) is 19.8 Å². The molecular formula is C13H15BrN4O. The molecule has 0 radical (unpaired) electrons. The fraction of sp³-hybridized carbons (Fsp3) is 0.231. The maximum absolute atomic E-state index is 11.6. The van der Waals surface area contributed by atoms with Crippen molar-refractivity contribution in [2.24, 2.45) is 5.73 Å². The SMILES string of the molecule is CC(C)c1nn(-c2ccc(Br)cc2)c(C(N)=O)c1N. The molecule has 0 saturated carbocycles. The molecule has 0 aliphatic heterocycles. The van der Waals surface area contributed by atoms with Crippen LogP contribution in [0, 0.1) is 0 Å². The van der Waals surface area contributed by atoms with Crippen molar-refractivity contribution >= 4 is 27.5 Å². The fourth-order valence-corrected chi connectivity index (χ4v) is 2.14. The lowest BCUT2D eigenvalue weighted by atomic mass is 10.1. The van der Waals surface area contributed by atoms with Crippen molar-refractivity contribution in [1.82, 2.24) is 9.78 Å². The van der Waals surface area contributed by atoms with Crippen molar-refractivity contribution < 1.29 is 4.79 Å². The first-order chi connectivity index (χ1) is 8.91. The normalized spacial score (nSPS) is 10.9. The second-order valence-electron chi connectivity index (χ2n) is 4.55. The van der Waals surface area contributed by atoms with Gasteiger partial charge in [-0.3, -0.25) is 4.79 Å². The number of halogens is 1. The molecule has 4 N–H and O–H groups in total. The summed E-state index contributed by atoms with van der Waals surface area (Å²) in [6.45, 7) is 3.94. The van der Waals surface area contributed by atoms with E-state index < -0.39 is 5.91 Å². The Morgan fingerprint density at radius 2 is 1.89 bits per heavy atom. The molecule has 1 amide bonds. The molecule has 0 aliphatic rings. The van der Waals surface area contributed by atoms with Gasteiger partial charge in [0, 0.05) is 4.47 Å². The zero-order valence-corrected chi connectivity index (χ0v) is 12.3. The number of anilines is 1. The maximum atomic E-state index is 11.6. The van der Waals surface area contributed by atoms with Crippen LogP contribution in [0.15, 0.2) is 28.7 Å². The van der Waals surface area contributed by atoms with Gasteiger partial charge in [-0.25, -0.2) is 4.68 Å². The number of carbonyl (C=O) groups is 1. The number of aromatic nitrogens is 2. The number of hydrogen-bond acceptors (Lipinski definition) is 3. The average Bonchev–Trinajstić information content (AvgIpc) is 2.68. The van der Waals surface area contributed by atoms with Crippen molar-refractivity contribution in [1.29, 1.82) is 0 Å². The van der Waals surface area contributed by atoms with Crippen molar-refractivity contribution in [3.8, 4) is 5.69 Å².